The Morgan fingerprint density at radius 2 is 1.86 bits per heavy atom. The molecule has 0 spiro atoms. The maximum Gasteiger partial charge on any atom is 0.296 e. The summed E-state index contributed by atoms with van der Waals surface area (Å²) in [5.74, 6) is 0.255. The van der Waals surface area contributed by atoms with E-state index in [4.69, 9.17) is 4.74 Å². The summed E-state index contributed by atoms with van der Waals surface area (Å²) in [5, 5.41) is 26.1. The average Bonchev–Trinajstić information content (AvgIpc) is 3.28. The Hall–Kier alpha value is -3.93. The molecule has 0 saturated heterocycles. The number of carbonyl (C=O) groups excluding carboxylic acids is 2. The SMILES string of the molecule is CCn1c(SCC(=O)Nc2ccc(OC)cc2[N+](=O)[O-])nnc1[C@@H](NC(=O)c1ccc(C)cc1)C(C)C. The van der Waals surface area contributed by atoms with Crippen LogP contribution in [-0.4, -0.2) is 44.4 Å². The van der Waals surface area contributed by atoms with E-state index in [1.54, 1.807) is 12.1 Å². The van der Waals surface area contributed by atoms with Gasteiger partial charge in [-0.3, -0.25) is 19.7 Å². The number of benzene rings is 2. The molecular formula is C25H30N6O5S. The summed E-state index contributed by atoms with van der Waals surface area (Å²) < 4.78 is 6.88. The highest BCUT2D eigenvalue weighted by atomic mass is 32.2. The molecule has 3 aromatic rings. The van der Waals surface area contributed by atoms with Crippen molar-refractivity contribution in [2.24, 2.45) is 5.92 Å². The number of ether oxygens (including phenoxy) is 1. The lowest BCUT2D eigenvalue weighted by Gasteiger charge is -2.22. The average molecular weight is 527 g/mol. The molecule has 1 aromatic heterocycles. The van der Waals surface area contributed by atoms with Crippen LogP contribution in [0.3, 0.4) is 0 Å². The van der Waals surface area contributed by atoms with Gasteiger partial charge in [0, 0.05) is 12.1 Å². The number of aryl methyl sites for hydroxylation is 1. The van der Waals surface area contributed by atoms with E-state index in [0.29, 0.717) is 28.8 Å². The first kappa shape index (κ1) is 27.7. The van der Waals surface area contributed by atoms with Crippen LogP contribution in [0.15, 0.2) is 47.6 Å². The monoisotopic (exact) mass is 526 g/mol. The van der Waals surface area contributed by atoms with Gasteiger partial charge in [0.25, 0.3) is 11.6 Å². The molecular weight excluding hydrogens is 496 g/mol. The second-order valence-electron chi connectivity index (χ2n) is 8.62. The first-order valence-electron chi connectivity index (χ1n) is 11.7. The van der Waals surface area contributed by atoms with E-state index in [1.807, 2.05) is 44.4 Å². The number of anilines is 1. The Balaban J connectivity index is 1.72. The fourth-order valence-electron chi connectivity index (χ4n) is 3.60. The molecule has 1 atom stereocenters. The molecule has 1 heterocycles. The molecule has 37 heavy (non-hydrogen) atoms. The highest BCUT2D eigenvalue weighted by Gasteiger charge is 2.26. The van der Waals surface area contributed by atoms with Crippen molar-refractivity contribution in [2.45, 2.75) is 45.4 Å². The van der Waals surface area contributed by atoms with E-state index in [2.05, 4.69) is 20.8 Å². The third-order valence-corrected chi connectivity index (χ3v) is 6.58. The number of nitro benzene ring substituents is 1. The lowest BCUT2D eigenvalue weighted by molar-refractivity contribution is -0.384. The maximum atomic E-state index is 12.9. The van der Waals surface area contributed by atoms with Crippen molar-refractivity contribution in [3.63, 3.8) is 0 Å². The van der Waals surface area contributed by atoms with Crippen molar-refractivity contribution in [1.82, 2.24) is 20.1 Å². The van der Waals surface area contributed by atoms with Crippen molar-refractivity contribution >= 4 is 35.0 Å². The molecule has 0 aliphatic rings. The van der Waals surface area contributed by atoms with Gasteiger partial charge in [0.15, 0.2) is 11.0 Å². The van der Waals surface area contributed by atoms with E-state index in [9.17, 15) is 19.7 Å². The molecule has 0 unspecified atom stereocenters. The topological polar surface area (TPSA) is 141 Å². The van der Waals surface area contributed by atoms with Crippen LogP contribution in [0.5, 0.6) is 5.75 Å². The molecule has 196 valence electrons. The van der Waals surface area contributed by atoms with Gasteiger partial charge in [-0.05, 0) is 44.0 Å². The molecule has 0 bridgehead atoms. The Morgan fingerprint density at radius 3 is 2.46 bits per heavy atom. The third-order valence-electron chi connectivity index (χ3n) is 5.61. The lowest BCUT2D eigenvalue weighted by Crippen LogP contribution is -2.33. The fourth-order valence-corrected chi connectivity index (χ4v) is 4.41. The summed E-state index contributed by atoms with van der Waals surface area (Å²) in [5.41, 5.74) is 1.43. The van der Waals surface area contributed by atoms with Crippen LogP contribution in [0.1, 0.15) is 48.6 Å². The van der Waals surface area contributed by atoms with E-state index in [0.717, 1.165) is 17.3 Å². The number of nitrogens with zero attached hydrogens (tertiary/aromatic N) is 4. The Morgan fingerprint density at radius 1 is 1.16 bits per heavy atom. The van der Waals surface area contributed by atoms with Gasteiger partial charge < -0.3 is 19.9 Å². The largest absolute Gasteiger partial charge is 0.496 e. The molecule has 0 fully saturated rings. The minimum absolute atomic E-state index is 0.0284. The van der Waals surface area contributed by atoms with Crippen LogP contribution in [-0.2, 0) is 11.3 Å². The maximum absolute atomic E-state index is 12.9. The standard InChI is InChI=1S/C25H30N6O5S/c1-6-30-23(22(15(2)3)27-24(33)17-9-7-16(4)8-10-17)28-29-25(30)37-14-21(32)26-19-12-11-18(36-5)13-20(19)31(34)35/h7-13,15,22H,6,14H2,1-5H3,(H,26,32)(H,27,33)/t22-/m0/s1. The summed E-state index contributed by atoms with van der Waals surface area (Å²) in [4.78, 5) is 36.3. The van der Waals surface area contributed by atoms with E-state index >= 15 is 0 Å². The predicted octanol–water partition coefficient (Wildman–Crippen LogP) is 4.38. The summed E-state index contributed by atoms with van der Waals surface area (Å²) in [7, 11) is 1.41. The van der Waals surface area contributed by atoms with Crippen molar-refractivity contribution in [1.29, 1.82) is 0 Å². The summed E-state index contributed by atoms with van der Waals surface area (Å²) in [6.07, 6.45) is 0. The Bertz CT molecular complexity index is 1280. The van der Waals surface area contributed by atoms with Crippen molar-refractivity contribution in [2.75, 3.05) is 18.2 Å². The molecule has 0 aliphatic heterocycles. The minimum atomic E-state index is -0.581. The first-order chi connectivity index (χ1) is 17.6. The first-order valence-corrected chi connectivity index (χ1v) is 12.7. The van der Waals surface area contributed by atoms with Gasteiger partial charge in [0.05, 0.1) is 29.9 Å². The Kier molecular flexibility index (Phi) is 9.23. The quantitative estimate of drug-likeness (QED) is 0.213. The molecule has 3 rings (SSSR count). The highest BCUT2D eigenvalue weighted by molar-refractivity contribution is 7.99. The number of hydrogen-bond acceptors (Lipinski definition) is 8. The predicted molar refractivity (Wildman–Crippen MR) is 141 cm³/mol. The molecule has 2 aromatic carbocycles. The second kappa shape index (κ2) is 12.3. The normalized spacial score (nSPS) is 11.7. The van der Waals surface area contributed by atoms with Crippen LogP contribution in [0, 0.1) is 23.0 Å². The van der Waals surface area contributed by atoms with Gasteiger partial charge in [0.2, 0.25) is 5.91 Å². The number of hydrogen-bond donors (Lipinski definition) is 2. The van der Waals surface area contributed by atoms with E-state index in [-0.39, 0.29) is 29.0 Å². The number of nitro groups is 1. The zero-order chi connectivity index (χ0) is 27.1. The smallest absolute Gasteiger partial charge is 0.296 e. The van der Waals surface area contributed by atoms with Crippen molar-refractivity contribution in [3.8, 4) is 5.75 Å². The zero-order valence-corrected chi connectivity index (χ0v) is 22.2. The molecule has 0 aliphatic carbocycles. The minimum Gasteiger partial charge on any atom is -0.496 e. The number of amides is 2. The molecule has 0 radical (unpaired) electrons. The summed E-state index contributed by atoms with van der Waals surface area (Å²) in [6, 6.07) is 11.1. The number of thioether (sulfide) groups is 1. The zero-order valence-electron chi connectivity index (χ0n) is 21.3. The van der Waals surface area contributed by atoms with Gasteiger partial charge in [0.1, 0.15) is 11.4 Å². The Labute approximate surface area is 219 Å². The number of methoxy groups -OCH3 is 1. The van der Waals surface area contributed by atoms with Crippen LogP contribution >= 0.6 is 11.8 Å². The van der Waals surface area contributed by atoms with Gasteiger partial charge in [-0.2, -0.15) is 0 Å². The number of rotatable bonds is 11. The van der Waals surface area contributed by atoms with E-state index in [1.165, 1.54) is 25.3 Å². The second-order valence-corrected chi connectivity index (χ2v) is 9.57. The molecule has 0 saturated carbocycles. The molecule has 12 heteroatoms. The van der Waals surface area contributed by atoms with Crippen LogP contribution < -0.4 is 15.4 Å². The van der Waals surface area contributed by atoms with Crippen LogP contribution in [0.2, 0.25) is 0 Å². The third kappa shape index (κ3) is 6.85. The van der Waals surface area contributed by atoms with Crippen LogP contribution in [0.4, 0.5) is 11.4 Å². The molecule has 2 N–H and O–H groups in total. The fraction of sp³-hybridized carbons (Fsp3) is 0.360. The summed E-state index contributed by atoms with van der Waals surface area (Å²) in [6.45, 7) is 8.38. The number of aromatic nitrogens is 3. The number of carbonyl (C=O) groups is 2. The van der Waals surface area contributed by atoms with Gasteiger partial charge in [-0.1, -0.05) is 43.3 Å². The molecule has 2 amide bonds. The summed E-state index contributed by atoms with van der Waals surface area (Å²) >= 11 is 1.16. The van der Waals surface area contributed by atoms with Crippen LogP contribution in [0.25, 0.3) is 0 Å². The van der Waals surface area contributed by atoms with Crippen molar-refractivity contribution in [3.05, 3.63) is 69.5 Å². The number of nitrogens with one attached hydrogen (secondary N) is 2. The van der Waals surface area contributed by atoms with Crippen molar-refractivity contribution < 1.29 is 19.2 Å². The van der Waals surface area contributed by atoms with E-state index < -0.39 is 16.9 Å². The highest BCUT2D eigenvalue weighted by Crippen LogP contribution is 2.30. The molecule has 11 nitrogen and oxygen atoms in total. The van der Waals surface area contributed by atoms with Gasteiger partial charge >= 0.3 is 0 Å². The lowest BCUT2D eigenvalue weighted by atomic mass is 10.0. The van der Waals surface area contributed by atoms with Gasteiger partial charge in [-0.15, -0.1) is 10.2 Å². The van der Waals surface area contributed by atoms with Gasteiger partial charge in [-0.25, -0.2) is 0 Å².